The smallest absolute Gasteiger partial charge is 0.340 e. The van der Waals surface area contributed by atoms with Crippen LogP contribution in [0.3, 0.4) is 0 Å². The molecule has 0 saturated heterocycles. The van der Waals surface area contributed by atoms with Gasteiger partial charge in [0.25, 0.3) is 5.56 Å². The highest BCUT2D eigenvalue weighted by Crippen LogP contribution is 2.39. The maximum Gasteiger partial charge on any atom is 0.340 e. The molecule has 3 rings (SSSR count). The third-order valence-corrected chi connectivity index (χ3v) is 3.94. The van der Waals surface area contributed by atoms with Gasteiger partial charge in [0.1, 0.15) is 11.3 Å². The molecule has 0 fully saturated rings. The average molecular weight is 359 g/mol. The van der Waals surface area contributed by atoms with Crippen LogP contribution in [0.5, 0.6) is 11.6 Å². The Bertz CT molecular complexity index is 987. The van der Waals surface area contributed by atoms with Gasteiger partial charge in [0.05, 0.1) is 25.2 Å². The molecule has 1 aliphatic heterocycles. The maximum atomic E-state index is 12.5. The first-order valence-electron chi connectivity index (χ1n) is 7.81. The van der Waals surface area contributed by atoms with Gasteiger partial charge in [0.2, 0.25) is 11.8 Å². The van der Waals surface area contributed by atoms with Crippen LogP contribution in [-0.4, -0.2) is 29.7 Å². The van der Waals surface area contributed by atoms with Crippen molar-refractivity contribution in [2.24, 2.45) is 5.73 Å². The Labute approximate surface area is 147 Å². The van der Waals surface area contributed by atoms with E-state index < -0.39 is 23.1 Å². The minimum atomic E-state index is -0.871. The van der Waals surface area contributed by atoms with E-state index in [1.807, 2.05) is 0 Å². The van der Waals surface area contributed by atoms with Crippen molar-refractivity contribution in [3.63, 3.8) is 0 Å². The normalized spacial score (nSPS) is 15.8. The summed E-state index contributed by atoms with van der Waals surface area (Å²) >= 11 is 0. The Balaban J connectivity index is 2.25. The van der Waals surface area contributed by atoms with E-state index in [1.165, 1.54) is 7.11 Å². The number of esters is 1. The summed E-state index contributed by atoms with van der Waals surface area (Å²) in [5, 5.41) is 0. The van der Waals surface area contributed by atoms with E-state index >= 15 is 0 Å². The molecule has 26 heavy (non-hydrogen) atoms. The fraction of sp³-hybridized carbons (Fsp3) is 0.235. The van der Waals surface area contributed by atoms with Crippen LogP contribution in [-0.2, 0) is 9.53 Å². The molecular weight excluding hydrogens is 342 g/mol. The van der Waals surface area contributed by atoms with Gasteiger partial charge < -0.3 is 19.9 Å². The monoisotopic (exact) mass is 359 g/mol. The molecule has 2 heterocycles. The van der Waals surface area contributed by atoms with Crippen LogP contribution in [0.4, 0.5) is 0 Å². The molecule has 2 aromatic rings. The highest BCUT2D eigenvalue weighted by atomic mass is 16.5. The van der Waals surface area contributed by atoms with Crippen molar-refractivity contribution >= 4 is 5.97 Å². The fourth-order valence-electron chi connectivity index (χ4n) is 2.83. The predicted octanol–water partition coefficient (Wildman–Crippen LogP) is 0.330. The molecule has 9 nitrogen and oxygen atoms in total. The summed E-state index contributed by atoms with van der Waals surface area (Å²) in [7, 11) is 1.52. The number of aromatic nitrogens is 2. The number of carbonyl (C=O) groups is 1. The minimum Gasteiger partial charge on any atom is -0.497 e. The van der Waals surface area contributed by atoms with Gasteiger partial charge in [-0.25, -0.2) is 9.59 Å². The van der Waals surface area contributed by atoms with Crippen molar-refractivity contribution in [2.45, 2.75) is 12.8 Å². The van der Waals surface area contributed by atoms with Crippen molar-refractivity contribution < 1.29 is 19.0 Å². The molecule has 0 bridgehead atoms. The minimum absolute atomic E-state index is 0.0120. The standard InChI is InChI=1S/C17H17N3O6/c1-3-25-16(22)11-10(8-4-6-9(24-2)7-5-8)12-14(21)19-17(23)20-15(12)26-13(11)18/h4-7,10H,3,18H2,1-2H3,(H2,19,20,21,23)/t10-/m0/s1. The van der Waals surface area contributed by atoms with Crippen LogP contribution in [0, 0.1) is 0 Å². The number of hydrogen-bond acceptors (Lipinski definition) is 7. The van der Waals surface area contributed by atoms with Gasteiger partial charge in [0, 0.05) is 0 Å². The Hall–Kier alpha value is -3.49. The lowest BCUT2D eigenvalue weighted by Crippen LogP contribution is -2.35. The van der Waals surface area contributed by atoms with Crippen LogP contribution in [0.25, 0.3) is 0 Å². The van der Waals surface area contributed by atoms with Crippen molar-refractivity contribution in [3.05, 3.63) is 67.7 Å². The molecule has 1 aromatic heterocycles. The molecule has 1 aliphatic rings. The quantitative estimate of drug-likeness (QED) is 0.669. The Morgan fingerprint density at radius 1 is 1.23 bits per heavy atom. The van der Waals surface area contributed by atoms with Crippen LogP contribution >= 0.6 is 0 Å². The third-order valence-electron chi connectivity index (χ3n) is 3.94. The van der Waals surface area contributed by atoms with Crippen LogP contribution in [0.2, 0.25) is 0 Å². The summed E-state index contributed by atoms with van der Waals surface area (Å²) in [6.07, 6.45) is 0. The molecule has 4 N–H and O–H groups in total. The second-order valence-electron chi connectivity index (χ2n) is 5.46. The van der Waals surface area contributed by atoms with Gasteiger partial charge in [-0.3, -0.25) is 14.8 Å². The highest BCUT2D eigenvalue weighted by molar-refractivity contribution is 5.92. The zero-order valence-corrected chi connectivity index (χ0v) is 14.1. The largest absolute Gasteiger partial charge is 0.497 e. The number of methoxy groups -OCH3 is 1. The lowest BCUT2D eigenvalue weighted by Gasteiger charge is -2.27. The topological polar surface area (TPSA) is 136 Å². The van der Waals surface area contributed by atoms with Crippen LogP contribution in [0.15, 0.2) is 45.3 Å². The number of fused-ring (bicyclic) bond motifs is 1. The summed E-state index contributed by atoms with van der Waals surface area (Å²) in [6.45, 7) is 1.78. The number of carbonyl (C=O) groups excluding carboxylic acids is 1. The number of H-pyrrole nitrogens is 2. The molecule has 1 aromatic carbocycles. The molecule has 9 heteroatoms. The summed E-state index contributed by atoms with van der Waals surface area (Å²) < 4.78 is 15.5. The second-order valence-corrected chi connectivity index (χ2v) is 5.46. The molecule has 0 amide bonds. The van der Waals surface area contributed by atoms with Crippen molar-refractivity contribution in [2.75, 3.05) is 13.7 Å². The first-order valence-corrected chi connectivity index (χ1v) is 7.81. The Morgan fingerprint density at radius 2 is 1.92 bits per heavy atom. The Morgan fingerprint density at radius 3 is 2.54 bits per heavy atom. The van der Waals surface area contributed by atoms with E-state index in [4.69, 9.17) is 19.9 Å². The number of aromatic amines is 2. The Kier molecular flexibility index (Phi) is 4.53. The van der Waals surface area contributed by atoms with E-state index in [1.54, 1.807) is 31.2 Å². The van der Waals surface area contributed by atoms with Gasteiger partial charge in [-0.1, -0.05) is 12.1 Å². The van der Waals surface area contributed by atoms with Gasteiger partial charge in [0.15, 0.2) is 0 Å². The predicted molar refractivity (Wildman–Crippen MR) is 91.0 cm³/mol. The maximum absolute atomic E-state index is 12.5. The lowest BCUT2D eigenvalue weighted by atomic mass is 9.84. The second kappa shape index (κ2) is 6.79. The van der Waals surface area contributed by atoms with Gasteiger partial charge in [-0.2, -0.15) is 0 Å². The molecule has 0 aliphatic carbocycles. The van der Waals surface area contributed by atoms with Crippen molar-refractivity contribution in [3.8, 4) is 11.6 Å². The summed E-state index contributed by atoms with van der Waals surface area (Å²) in [5.41, 5.74) is 5.12. The molecule has 0 saturated carbocycles. The first-order chi connectivity index (χ1) is 12.5. The molecule has 0 unspecified atom stereocenters. The number of benzene rings is 1. The molecular formula is C17H17N3O6. The van der Waals surface area contributed by atoms with E-state index in [-0.39, 0.29) is 29.5 Å². The zero-order valence-electron chi connectivity index (χ0n) is 14.1. The average Bonchev–Trinajstić information content (AvgIpc) is 2.60. The molecule has 0 radical (unpaired) electrons. The van der Waals surface area contributed by atoms with Crippen molar-refractivity contribution in [1.82, 2.24) is 9.97 Å². The van der Waals surface area contributed by atoms with Crippen molar-refractivity contribution in [1.29, 1.82) is 0 Å². The van der Waals surface area contributed by atoms with E-state index in [0.717, 1.165) is 0 Å². The fourth-order valence-corrected chi connectivity index (χ4v) is 2.83. The van der Waals surface area contributed by atoms with Crippen LogP contribution < -0.4 is 26.5 Å². The van der Waals surface area contributed by atoms with Crippen LogP contribution in [0.1, 0.15) is 24.0 Å². The number of rotatable bonds is 4. The van der Waals surface area contributed by atoms with E-state index in [0.29, 0.717) is 11.3 Å². The third kappa shape index (κ3) is 2.94. The summed E-state index contributed by atoms with van der Waals surface area (Å²) in [4.78, 5) is 41.0. The summed E-state index contributed by atoms with van der Waals surface area (Å²) in [6, 6.07) is 6.75. The molecule has 1 atom stereocenters. The highest BCUT2D eigenvalue weighted by Gasteiger charge is 2.38. The van der Waals surface area contributed by atoms with E-state index in [2.05, 4.69) is 9.97 Å². The summed E-state index contributed by atoms with van der Waals surface area (Å²) in [5.74, 6) is -1.32. The lowest BCUT2D eigenvalue weighted by molar-refractivity contribution is -0.139. The first kappa shape index (κ1) is 17.3. The number of nitrogens with two attached hydrogens (primary N) is 1. The number of ether oxygens (including phenoxy) is 3. The number of nitrogens with one attached hydrogen (secondary N) is 2. The SMILES string of the molecule is CCOC(=O)C1=C(N)Oc2[nH]c(=O)[nH]c(=O)c2[C@H]1c1ccc(OC)cc1. The molecule has 136 valence electrons. The van der Waals surface area contributed by atoms with Gasteiger partial charge in [-0.15, -0.1) is 0 Å². The zero-order chi connectivity index (χ0) is 18.8. The van der Waals surface area contributed by atoms with Gasteiger partial charge in [-0.05, 0) is 24.6 Å². The van der Waals surface area contributed by atoms with Gasteiger partial charge >= 0.3 is 11.7 Å². The number of hydrogen-bond donors (Lipinski definition) is 3. The van der Waals surface area contributed by atoms with E-state index in [9.17, 15) is 14.4 Å². The molecule has 0 spiro atoms.